The summed E-state index contributed by atoms with van der Waals surface area (Å²) in [5.74, 6) is -0.0613. The molecule has 0 atom stereocenters. The molecular weight excluding hydrogens is 260 g/mol. The molecule has 1 aromatic heterocycles. The molecule has 1 aromatic rings. The molecule has 0 radical (unpaired) electrons. The number of aliphatic hydroxyl groups is 1. The first-order valence-electron chi connectivity index (χ1n) is 6.89. The van der Waals surface area contributed by atoms with Gasteiger partial charge in [0.25, 0.3) is 5.91 Å². The lowest BCUT2D eigenvalue weighted by Crippen LogP contribution is -2.43. The van der Waals surface area contributed by atoms with Crippen LogP contribution in [0.25, 0.3) is 0 Å². The maximum Gasteiger partial charge on any atom is 0.257 e. The van der Waals surface area contributed by atoms with E-state index in [0.29, 0.717) is 44.5 Å². The highest BCUT2D eigenvalue weighted by Crippen LogP contribution is 2.19. The zero-order valence-electron chi connectivity index (χ0n) is 11.3. The van der Waals surface area contributed by atoms with Gasteiger partial charge in [-0.3, -0.25) is 14.7 Å². The van der Waals surface area contributed by atoms with E-state index in [4.69, 9.17) is 5.11 Å². The van der Waals surface area contributed by atoms with E-state index in [9.17, 15) is 9.59 Å². The minimum Gasteiger partial charge on any atom is -0.396 e. The molecule has 1 saturated heterocycles. The minimum absolute atomic E-state index is 0.0221. The summed E-state index contributed by atoms with van der Waals surface area (Å²) >= 11 is 0. The van der Waals surface area contributed by atoms with Gasteiger partial charge in [-0.15, -0.1) is 0 Å². The molecular formula is C13H20N4O3. The molecule has 7 nitrogen and oxygen atoms in total. The van der Waals surface area contributed by atoms with Gasteiger partial charge in [-0.05, 0) is 19.3 Å². The highest BCUT2D eigenvalue weighted by molar-refractivity contribution is 5.93. The van der Waals surface area contributed by atoms with Gasteiger partial charge in [-0.25, -0.2) is 0 Å². The number of aromatic amines is 1. The smallest absolute Gasteiger partial charge is 0.257 e. The van der Waals surface area contributed by atoms with E-state index < -0.39 is 0 Å². The number of piperidine rings is 1. The van der Waals surface area contributed by atoms with E-state index in [0.717, 1.165) is 0 Å². The SMILES string of the molecule is O=C(NCCCO)C1CCN(C(=O)c2cn[nH]c2)CC1. The van der Waals surface area contributed by atoms with E-state index in [1.54, 1.807) is 11.1 Å². The molecule has 7 heteroatoms. The highest BCUT2D eigenvalue weighted by atomic mass is 16.3. The number of hydrogen-bond acceptors (Lipinski definition) is 4. The third-order valence-corrected chi connectivity index (χ3v) is 3.53. The molecule has 3 N–H and O–H groups in total. The molecule has 0 aromatic carbocycles. The average molecular weight is 280 g/mol. The number of carbonyl (C=O) groups is 2. The molecule has 0 bridgehead atoms. The van der Waals surface area contributed by atoms with E-state index in [-0.39, 0.29) is 24.3 Å². The fourth-order valence-electron chi connectivity index (χ4n) is 2.33. The first-order valence-corrected chi connectivity index (χ1v) is 6.89. The first kappa shape index (κ1) is 14.5. The van der Waals surface area contributed by atoms with Gasteiger partial charge in [0.2, 0.25) is 5.91 Å². The number of nitrogens with zero attached hydrogens (tertiary/aromatic N) is 2. The molecule has 0 saturated carbocycles. The van der Waals surface area contributed by atoms with Crippen LogP contribution in [0.4, 0.5) is 0 Å². The predicted molar refractivity (Wildman–Crippen MR) is 71.9 cm³/mol. The molecule has 1 fully saturated rings. The predicted octanol–water partition coefficient (Wildman–Crippen LogP) is -0.239. The Kier molecular flexibility index (Phi) is 5.11. The number of hydrogen-bond donors (Lipinski definition) is 3. The summed E-state index contributed by atoms with van der Waals surface area (Å²) in [4.78, 5) is 25.7. The van der Waals surface area contributed by atoms with Crippen LogP contribution in [-0.2, 0) is 4.79 Å². The molecule has 2 rings (SSSR count). The van der Waals surface area contributed by atoms with Crippen molar-refractivity contribution in [3.63, 3.8) is 0 Å². The zero-order chi connectivity index (χ0) is 14.4. The van der Waals surface area contributed by atoms with Crippen LogP contribution in [0.2, 0.25) is 0 Å². The van der Waals surface area contributed by atoms with Crippen molar-refractivity contribution >= 4 is 11.8 Å². The van der Waals surface area contributed by atoms with Crippen LogP contribution in [0.5, 0.6) is 0 Å². The van der Waals surface area contributed by atoms with Crippen molar-refractivity contribution < 1.29 is 14.7 Å². The molecule has 2 amide bonds. The molecule has 20 heavy (non-hydrogen) atoms. The summed E-state index contributed by atoms with van der Waals surface area (Å²) in [5.41, 5.74) is 0.552. The summed E-state index contributed by atoms with van der Waals surface area (Å²) in [5, 5.41) is 17.9. The summed E-state index contributed by atoms with van der Waals surface area (Å²) in [6, 6.07) is 0. The van der Waals surface area contributed by atoms with Crippen LogP contribution in [0.1, 0.15) is 29.6 Å². The highest BCUT2D eigenvalue weighted by Gasteiger charge is 2.27. The number of carbonyl (C=O) groups excluding carboxylic acids is 2. The van der Waals surface area contributed by atoms with Crippen LogP contribution >= 0.6 is 0 Å². The number of rotatable bonds is 5. The minimum atomic E-state index is -0.0436. The Hall–Kier alpha value is -1.89. The second-order valence-electron chi connectivity index (χ2n) is 4.92. The lowest BCUT2D eigenvalue weighted by atomic mass is 9.95. The van der Waals surface area contributed by atoms with Gasteiger partial charge in [0, 0.05) is 38.4 Å². The molecule has 2 heterocycles. The Balaban J connectivity index is 1.77. The van der Waals surface area contributed by atoms with Gasteiger partial charge >= 0.3 is 0 Å². The van der Waals surface area contributed by atoms with Crippen LogP contribution in [-0.4, -0.2) is 58.3 Å². The standard InChI is InChI=1S/C13H20N4O3/c18-7-1-4-14-12(19)10-2-5-17(6-3-10)13(20)11-8-15-16-9-11/h8-10,18H,1-7H2,(H,14,19)(H,15,16). The van der Waals surface area contributed by atoms with Crippen molar-refractivity contribution in [1.29, 1.82) is 0 Å². The Morgan fingerprint density at radius 1 is 1.45 bits per heavy atom. The van der Waals surface area contributed by atoms with Crippen molar-refractivity contribution in [2.45, 2.75) is 19.3 Å². The summed E-state index contributed by atoms with van der Waals surface area (Å²) in [6.07, 6.45) is 5.01. The number of likely N-dealkylation sites (tertiary alicyclic amines) is 1. The summed E-state index contributed by atoms with van der Waals surface area (Å²) < 4.78 is 0. The lowest BCUT2D eigenvalue weighted by Gasteiger charge is -2.31. The van der Waals surface area contributed by atoms with Crippen molar-refractivity contribution in [2.24, 2.45) is 5.92 Å². The van der Waals surface area contributed by atoms with E-state index >= 15 is 0 Å². The molecule has 110 valence electrons. The average Bonchev–Trinajstić information content (AvgIpc) is 3.01. The van der Waals surface area contributed by atoms with Gasteiger partial charge in [0.1, 0.15) is 0 Å². The largest absolute Gasteiger partial charge is 0.396 e. The topological polar surface area (TPSA) is 98.3 Å². The van der Waals surface area contributed by atoms with Gasteiger partial charge in [-0.1, -0.05) is 0 Å². The summed E-state index contributed by atoms with van der Waals surface area (Å²) in [6.45, 7) is 1.76. The van der Waals surface area contributed by atoms with E-state index in [2.05, 4.69) is 15.5 Å². The first-order chi connectivity index (χ1) is 9.72. The molecule has 1 aliphatic rings. The van der Waals surface area contributed by atoms with Crippen LogP contribution in [0.15, 0.2) is 12.4 Å². The maximum absolute atomic E-state index is 12.1. The molecule has 0 spiro atoms. The zero-order valence-corrected chi connectivity index (χ0v) is 11.3. The van der Waals surface area contributed by atoms with E-state index in [1.807, 2.05) is 0 Å². The quantitative estimate of drug-likeness (QED) is 0.648. The Morgan fingerprint density at radius 2 is 2.20 bits per heavy atom. The van der Waals surface area contributed by atoms with Crippen LogP contribution < -0.4 is 5.32 Å². The lowest BCUT2D eigenvalue weighted by molar-refractivity contribution is -0.126. The normalized spacial score (nSPS) is 16.1. The Bertz CT molecular complexity index is 438. The van der Waals surface area contributed by atoms with Crippen LogP contribution in [0.3, 0.4) is 0 Å². The summed E-state index contributed by atoms with van der Waals surface area (Å²) in [7, 11) is 0. The van der Waals surface area contributed by atoms with Gasteiger partial charge < -0.3 is 15.3 Å². The van der Waals surface area contributed by atoms with Gasteiger partial charge in [0.15, 0.2) is 0 Å². The number of H-pyrrole nitrogens is 1. The molecule has 0 unspecified atom stereocenters. The third kappa shape index (κ3) is 3.57. The van der Waals surface area contributed by atoms with Crippen molar-refractivity contribution in [1.82, 2.24) is 20.4 Å². The maximum atomic E-state index is 12.1. The van der Waals surface area contributed by atoms with Crippen molar-refractivity contribution in [3.8, 4) is 0 Å². The fourth-order valence-corrected chi connectivity index (χ4v) is 2.33. The number of amides is 2. The number of nitrogens with one attached hydrogen (secondary N) is 2. The van der Waals surface area contributed by atoms with Crippen LogP contribution in [0, 0.1) is 5.92 Å². The molecule has 0 aliphatic carbocycles. The third-order valence-electron chi connectivity index (χ3n) is 3.53. The second-order valence-corrected chi connectivity index (χ2v) is 4.92. The molecule has 1 aliphatic heterocycles. The van der Waals surface area contributed by atoms with Gasteiger partial charge in [-0.2, -0.15) is 5.10 Å². The Morgan fingerprint density at radius 3 is 2.80 bits per heavy atom. The second kappa shape index (κ2) is 7.04. The number of aliphatic hydroxyl groups excluding tert-OH is 1. The Labute approximate surface area is 117 Å². The van der Waals surface area contributed by atoms with Crippen molar-refractivity contribution in [3.05, 3.63) is 18.0 Å². The van der Waals surface area contributed by atoms with Crippen molar-refractivity contribution in [2.75, 3.05) is 26.2 Å². The van der Waals surface area contributed by atoms with E-state index in [1.165, 1.54) is 6.20 Å². The number of aromatic nitrogens is 2. The fraction of sp³-hybridized carbons (Fsp3) is 0.615. The monoisotopic (exact) mass is 280 g/mol. The van der Waals surface area contributed by atoms with Gasteiger partial charge in [0.05, 0.1) is 11.8 Å².